The summed E-state index contributed by atoms with van der Waals surface area (Å²) >= 11 is 0. The van der Waals surface area contributed by atoms with Crippen LogP contribution in [0.1, 0.15) is 123 Å². The largest absolute Gasteiger partial charge is 0.379 e. The summed E-state index contributed by atoms with van der Waals surface area (Å²) in [5, 5.41) is 13.2. The SMILES string of the molecule is CCCCCCCCCCCCCCCCCCC1NCCN1C(C)O. The lowest BCUT2D eigenvalue weighted by molar-refractivity contribution is 0.00403. The lowest BCUT2D eigenvalue weighted by Gasteiger charge is -2.26. The Balaban J connectivity index is 1.75. The van der Waals surface area contributed by atoms with Crippen LogP contribution in [0.5, 0.6) is 0 Å². The molecule has 1 heterocycles. The monoisotopic (exact) mass is 368 g/mol. The Morgan fingerprint density at radius 2 is 1.19 bits per heavy atom. The van der Waals surface area contributed by atoms with Gasteiger partial charge < -0.3 is 10.4 Å². The van der Waals surface area contributed by atoms with E-state index in [1.807, 2.05) is 6.92 Å². The van der Waals surface area contributed by atoms with Gasteiger partial charge in [0.25, 0.3) is 0 Å². The molecule has 26 heavy (non-hydrogen) atoms. The summed E-state index contributed by atoms with van der Waals surface area (Å²) in [7, 11) is 0. The third kappa shape index (κ3) is 12.3. The molecule has 0 amide bonds. The Morgan fingerprint density at radius 1 is 0.769 bits per heavy atom. The van der Waals surface area contributed by atoms with Crippen molar-refractivity contribution in [2.75, 3.05) is 13.1 Å². The first kappa shape index (κ1) is 23.9. The maximum atomic E-state index is 9.74. The first-order valence-electron chi connectivity index (χ1n) is 11.9. The number of hydrogen-bond donors (Lipinski definition) is 2. The number of nitrogens with one attached hydrogen (secondary N) is 1. The maximum absolute atomic E-state index is 9.74. The van der Waals surface area contributed by atoms with Crippen molar-refractivity contribution in [1.82, 2.24) is 10.2 Å². The molecule has 1 aliphatic heterocycles. The van der Waals surface area contributed by atoms with Crippen molar-refractivity contribution in [3.05, 3.63) is 0 Å². The summed E-state index contributed by atoms with van der Waals surface area (Å²) in [5.74, 6) is 0. The van der Waals surface area contributed by atoms with Gasteiger partial charge in [0.2, 0.25) is 0 Å². The molecule has 0 radical (unpaired) electrons. The first-order valence-corrected chi connectivity index (χ1v) is 11.9. The van der Waals surface area contributed by atoms with Crippen LogP contribution in [0, 0.1) is 0 Å². The van der Waals surface area contributed by atoms with Gasteiger partial charge in [-0.2, -0.15) is 0 Å². The highest BCUT2D eigenvalue weighted by molar-refractivity contribution is 4.78. The van der Waals surface area contributed by atoms with Crippen molar-refractivity contribution in [3.8, 4) is 0 Å². The van der Waals surface area contributed by atoms with Gasteiger partial charge in [0.1, 0.15) is 6.23 Å². The molecule has 2 unspecified atom stereocenters. The van der Waals surface area contributed by atoms with Gasteiger partial charge in [-0.05, 0) is 13.3 Å². The van der Waals surface area contributed by atoms with Crippen LogP contribution in [0.3, 0.4) is 0 Å². The highest BCUT2D eigenvalue weighted by Crippen LogP contribution is 2.16. The van der Waals surface area contributed by atoms with E-state index in [0.29, 0.717) is 6.17 Å². The molecule has 1 fully saturated rings. The minimum absolute atomic E-state index is 0.309. The summed E-state index contributed by atoms with van der Waals surface area (Å²) < 4.78 is 0. The molecule has 0 saturated carbocycles. The summed E-state index contributed by atoms with van der Waals surface area (Å²) in [6.45, 7) is 6.18. The minimum atomic E-state index is -0.309. The Morgan fingerprint density at radius 3 is 1.62 bits per heavy atom. The molecule has 0 aromatic heterocycles. The smallest absolute Gasteiger partial charge is 0.105 e. The van der Waals surface area contributed by atoms with Crippen LogP contribution in [0.15, 0.2) is 0 Å². The van der Waals surface area contributed by atoms with Gasteiger partial charge >= 0.3 is 0 Å². The van der Waals surface area contributed by atoms with E-state index in [0.717, 1.165) is 13.1 Å². The molecule has 3 nitrogen and oxygen atoms in total. The van der Waals surface area contributed by atoms with E-state index in [4.69, 9.17) is 0 Å². The Bertz CT molecular complexity index is 296. The van der Waals surface area contributed by atoms with E-state index >= 15 is 0 Å². The average molecular weight is 369 g/mol. The van der Waals surface area contributed by atoms with Crippen LogP contribution in [-0.4, -0.2) is 35.5 Å². The molecular formula is C23H48N2O. The molecule has 0 bridgehead atoms. The highest BCUT2D eigenvalue weighted by atomic mass is 16.3. The fraction of sp³-hybridized carbons (Fsp3) is 1.00. The second-order valence-electron chi connectivity index (χ2n) is 8.43. The van der Waals surface area contributed by atoms with Crippen molar-refractivity contribution in [1.29, 1.82) is 0 Å². The fourth-order valence-corrected chi connectivity index (χ4v) is 4.23. The molecule has 1 rings (SSSR count). The van der Waals surface area contributed by atoms with Gasteiger partial charge in [-0.15, -0.1) is 0 Å². The number of aliphatic hydroxyl groups excluding tert-OH is 1. The van der Waals surface area contributed by atoms with E-state index in [9.17, 15) is 5.11 Å². The van der Waals surface area contributed by atoms with Crippen LogP contribution < -0.4 is 5.32 Å². The van der Waals surface area contributed by atoms with Crippen molar-refractivity contribution >= 4 is 0 Å². The molecule has 0 aromatic rings. The van der Waals surface area contributed by atoms with E-state index in [1.165, 1.54) is 109 Å². The van der Waals surface area contributed by atoms with Gasteiger partial charge in [0.15, 0.2) is 0 Å². The van der Waals surface area contributed by atoms with Crippen molar-refractivity contribution in [3.63, 3.8) is 0 Å². The molecule has 156 valence electrons. The number of rotatable bonds is 18. The van der Waals surface area contributed by atoms with Crippen LogP contribution >= 0.6 is 0 Å². The molecule has 0 aliphatic carbocycles. The molecule has 2 atom stereocenters. The second kappa shape index (κ2) is 17.0. The number of hydrogen-bond acceptors (Lipinski definition) is 3. The fourth-order valence-electron chi connectivity index (χ4n) is 4.23. The zero-order valence-electron chi connectivity index (χ0n) is 18.0. The number of aliphatic hydroxyl groups is 1. The average Bonchev–Trinajstić information content (AvgIpc) is 3.10. The van der Waals surface area contributed by atoms with Crippen LogP contribution in [0.2, 0.25) is 0 Å². The number of unbranched alkanes of at least 4 members (excludes halogenated alkanes) is 15. The molecule has 2 N–H and O–H groups in total. The van der Waals surface area contributed by atoms with Crippen LogP contribution in [-0.2, 0) is 0 Å². The summed E-state index contributed by atoms with van der Waals surface area (Å²) in [5.41, 5.74) is 0. The predicted octanol–water partition coefficient (Wildman–Crippen LogP) is 6.21. The van der Waals surface area contributed by atoms with Gasteiger partial charge in [0.05, 0.1) is 6.17 Å². The van der Waals surface area contributed by atoms with E-state index in [-0.39, 0.29) is 6.23 Å². The maximum Gasteiger partial charge on any atom is 0.105 e. The van der Waals surface area contributed by atoms with Gasteiger partial charge in [-0.3, -0.25) is 4.90 Å². The van der Waals surface area contributed by atoms with Crippen molar-refractivity contribution in [2.45, 2.75) is 135 Å². The van der Waals surface area contributed by atoms with E-state index in [2.05, 4.69) is 17.1 Å². The molecular weight excluding hydrogens is 320 g/mol. The molecule has 0 aromatic carbocycles. The molecule has 1 aliphatic rings. The van der Waals surface area contributed by atoms with Gasteiger partial charge in [-0.1, -0.05) is 110 Å². The molecule has 3 heteroatoms. The van der Waals surface area contributed by atoms with Gasteiger partial charge in [-0.25, -0.2) is 0 Å². The number of nitrogens with zero attached hydrogens (tertiary/aromatic N) is 1. The van der Waals surface area contributed by atoms with Gasteiger partial charge in [0, 0.05) is 13.1 Å². The van der Waals surface area contributed by atoms with E-state index < -0.39 is 0 Å². The Labute approximate surface area is 164 Å². The van der Waals surface area contributed by atoms with Crippen LogP contribution in [0.25, 0.3) is 0 Å². The normalized spacial score (nSPS) is 19.3. The lowest BCUT2D eigenvalue weighted by atomic mass is 10.0. The Hall–Kier alpha value is -0.120. The van der Waals surface area contributed by atoms with E-state index in [1.54, 1.807) is 0 Å². The third-order valence-electron chi connectivity index (χ3n) is 5.96. The standard InChI is InChI=1S/C23H48N2O/c1-3-4-5-6-7-8-9-10-11-12-13-14-15-16-17-18-19-23-24-20-21-25(23)22(2)26/h22-24,26H,3-21H2,1-2H3. The van der Waals surface area contributed by atoms with Crippen molar-refractivity contribution in [2.24, 2.45) is 0 Å². The first-order chi connectivity index (χ1) is 12.8. The molecule has 0 spiro atoms. The highest BCUT2D eigenvalue weighted by Gasteiger charge is 2.25. The third-order valence-corrected chi connectivity index (χ3v) is 5.96. The topological polar surface area (TPSA) is 35.5 Å². The quantitative estimate of drug-likeness (QED) is 0.282. The van der Waals surface area contributed by atoms with Crippen molar-refractivity contribution < 1.29 is 5.11 Å². The zero-order chi connectivity index (χ0) is 18.9. The van der Waals surface area contributed by atoms with Crippen LogP contribution in [0.4, 0.5) is 0 Å². The zero-order valence-corrected chi connectivity index (χ0v) is 18.0. The Kier molecular flexibility index (Phi) is 15.6. The lowest BCUT2D eigenvalue weighted by Crippen LogP contribution is -2.41. The summed E-state index contributed by atoms with van der Waals surface area (Å²) in [6, 6.07) is 0. The summed E-state index contributed by atoms with van der Waals surface area (Å²) in [6.07, 6.45) is 24.0. The minimum Gasteiger partial charge on any atom is -0.379 e. The second-order valence-corrected chi connectivity index (χ2v) is 8.43. The predicted molar refractivity (Wildman–Crippen MR) is 114 cm³/mol. The summed E-state index contributed by atoms with van der Waals surface area (Å²) in [4.78, 5) is 2.19. The molecule has 1 saturated heterocycles.